The molecule has 0 aliphatic heterocycles. The SMILES string of the molecule is FC(F)C(F)(F)CO[Si](Cl)(OCC(F)(F)C(F)F)OCC(F)(F)C(F)F. The largest absolute Gasteiger partial charge is 0.613 e. The number of rotatable bonds is 12. The van der Waals surface area contributed by atoms with Crippen LogP contribution in [-0.4, -0.2) is 65.0 Å². The number of alkyl halides is 12. The van der Waals surface area contributed by atoms with Gasteiger partial charge in [-0.05, 0) is 0 Å². The maximum atomic E-state index is 12.7. The van der Waals surface area contributed by atoms with Crippen LogP contribution in [0.15, 0.2) is 0 Å². The van der Waals surface area contributed by atoms with Crippen molar-refractivity contribution in [1.82, 2.24) is 0 Å². The van der Waals surface area contributed by atoms with Crippen molar-refractivity contribution >= 4 is 19.2 Å². The normalized spacial score (nSPS) is 14.8. The molecule has 17 heteroatoms. The van der Waals surface area contributed by atoms with Crippen LogP contribution in [-0.2, 0) is 13.3 Å². The third-order valence-corrected chi connectivity index (χ3v) is 4.72. The molecule has 0 aromatic heterocycles. The highest BCUT2D eigenvalue weighted by Gasteiger charge is 2.53. The van der Waals surface area contributed by atoms with Crippen LogP contribution in [0.5, 0.6) is 0 Å². The molecular formula is C9H9ClF12O3Si. The number of hydrogen-bond acceptors (Lipinski definition) is 3. The van der Waals surface area contributed by atoms with Crippen LogP contribution < -0.4 is 0 Å². The van der Waals surface area contributed by atoms with Crippen LogP contribution in [0.3, 0.4) is 0 Å². The lowest BCUT2D eigenvalue weighted by molar-refractivity contribution is -0.180. The predicted octanol–water partition coefficient (Wildman–Crippen LogP) is 4.41. The van der Waals surface area contributed by atoms with Crippen molar-refractivity contribution in [2.45, 2.75) is 37.0 Å². The average molecular weight is 457 g/mol. The van der Waals surface area contributed by atoms with E-state index in [1.807, 2.05) is 0 Å². The van der Waals surface area contributed by atoms with Crippen LogP contribution >= 0.6 is 11.1 Å². The Bertz CT molecular complexity index is 378. The van der Waals surface area contributed by atoms with E-state index in [2.05, 4.69) is 13.3 Å². The van der Waals surface area contributed by atoms with Crippen LogP contribution in [0.2, 0.25) is 0 Å². The summed E-state index contributed by atoms with van der Waals surface area (Å²) < 4.78 is 160. The highest BCUT2D eigenvalue weighted by atomic mass is 35.6. The molecule has 0 rings (SSSR count). The molecule has 0 bridgehead atoms. The lowest BCUT2D eigenvalue weighted by Gasteiger charge is -2.28. The Morgan fingerprint density at radius 3 is 0.923 bits per heavy atom. The quantitative estimate of drug-likeness (QED) is 0.247. The van der Waals surface area contributed by atoms with Gasteiger partial charge in [0.2, 0.25) is 0 Å². The van der Waals surface area contributed by atoms with Gasteiger partial charge in [0.15, 0.2) is 0 Å². The average Bonchev–Trinajstić information content (AvgIpc) is 2.49. The lowest BCUT2D eigenvalue weighted by Crippen LogP contribution is -2.50. The van der Waals surface area contributed by atoms with Crippen molar-refractivity contribution < 1.29 is 66.0 Å². The van der Waals surface area contributed by atoms with E-state index >= 15 is 0 Å². The van der Waals surface area contributed by atoms with Gasteiger partial charge in [-0.25, -0.2) is 26.3 Å². The summed E-state index contributed by atoms with van der Waals surface area (Å²) in [6.07, 6.45) is -13.2. The van der Waals surface area contributed by atoms with E-state index in [1.54, 1.807) is 0 Å². The molecule has 0 radical (unpaired) electrons. The van der Waals surface area contributed by atoms with Gasteiger partial charge in [0.1, 0.15) is 19.8 Å². The molecule has 0 atom stereocenters. The van der Waals surface area contributed by atoms with E-state index in [9.17, 15) is 52.7 Å². The smallest absolute Gasteiger partial charge is 0.355 e. The van der Waals surface area contributed by atoms with Crippen molar-refractivity contribution in [2.75, 3.05) is 19.8 Å². The van der Waals surface area contributed by atoms with E-state index < -0.39 is 65.0 Å². The summed E-state index contributed by atoms with van der Waals surface area (Å²) in [4.78, 5) is 0. The fraction of sp³-hybridized carbons (Fsp3) is 1.00. The second-order valence-electron chi connectivity index (χ2n) is 4.53. The van der Waals surface area contributed by atoms with Crippen molar-refractivity contribution in [2.24, 2.45) is 0 Å². The molecule has 3 nitrogen and oxygen atoms in total. The highest BCUT2D eigenvalue weighted by molar-refractivity contribution is 7.09. The van der Waals surface area contributed by atoms with E-state index in [1.165, 1.54) is 0 Å². The summed E-state index contributed by atoms with van der Waals surface area (Å²) in [7, 11) is -5.68. The third kappa shape index (κ3) is 8.06. The van der Waals surface area contributed by atoms with Crippen LogP contribution in [0.25, 0.3) is 0 Å². The Labute approximate surface area is 143 Å². The van der Waals surface area contributed by atoms with Crippen LogP contribution in [0, 0.1) is 0 Å². The zero-order chi connectivity index (χ0) is 21.0. The minimum atomic E-state index is -5.68. The summed E-state index contributed by atoms with van der Waals surface area (Å²) in [5.74, 6) is -15.0. The molecule has 0 saturated heterocycles. The molecule has 0 aliphatic rings. The monoisotopic (exact) mass is 456 g/mol. The van der Waals surface area contributed by atoms with Gasteiger partial charge in [-0.2, -0.15) is 26.3 Å². The van der Waals surface area contributed by atoms with Gasteiger partial charge in [-0.1, -0.05) is 11.1 Å². The van der Waals surface area contributed by atoms with Gasteiger partial charge < -0.3 is 13.3 Å². The molecule has 0 spiro atoms. The van der Waals surface area contributed by atoms with Crippen LogP contribution in [0.4, 0.5) is 52.7 Å². The molecule has 0 unspecified atom stereocenters. The fourth-order valence-electron chi connectivity index (χ4n) is 0.861. The third-order valence-electron chi connectivity index (χ3n) is 2.27. The van der Waals surface area contributed by atoms with E-state index in [4.69, 9.17) is 11.1 Å². The molecule has 0 aliphatic carbocycles. The Morgan fingerprint density at radius 1 is 0.577 bits per heavy atom. The first-order chi connectivity index (χ1) is 11.5. The molecule has 0 fully saturated rings. The summed E-state index contributed by atoms with van der Waals surface area (Å²) in [6.45, 7) is -7.25. The Hall–Kier alpha value is -0.453. The zero-order valence-corrected chi connectivity index (χ0v) is 13.7. The fourth-order valence-corrected chi connectivity index (χ4v) is 2.70. The Morgan fingerprint density at radius 2 is 0.769 bits per heavy atom. The van der Waals surface area contributed by atoms with Gasteiger partial charge in [0, 0.05) is 0 Å². The molecule has 0 N–H and O–H groups in total. The first kappa shape index (κ1) is 25.5. The van der Waals surface area contributed by atoms with E-state index in [0.29, 0.717) is 0 Å². The Kier molecular flexibility index (Phi) is 9.00. The minimum absolute atomic E-state index is 2.42. The molecule has 0 heterocycles. The van der Waals surface area contributed by atoms with Crippen LogP contribution in [0.1, 0.15) is 0 Å². The maximum Gasteiger partial charge on any atom is 0.613 e. The topological polar surface area (TPSA) is 27.7 Å². The van der Waals surface area contributed by atoms with Crippen molar-refractivity contribution in [3.05, 3.63) is 0 Å². The van der Waals surface area contributed by atoms with Crippen molar-refractivity contribution in [1.29, 1.82) is 0 Å². The van der Waals surface area contributed by atoms with Gasteiger partial charge in [-0.15, -0.1) is 0 Å². The Balaban J connectivity index is 5.19. The first-order valence-corrected chi connectivity index (χ1v) is 8.77. The van der Waals surface area contributed by atoms with Gasteiger partial charge in [0.05, 0.1) is 0 Å². The van der Waals surface area contributed by atoms with Gasteiger partial charge >= 0.3 is 45.2 Å². The second kappa shape index (κ2) is 9.16. The number of halogens is 13. The molecule has 0 saturated carbocycles. The maximum absolute atomic E-state index is 12.7. The molecule has 158 valence electrons. The summed E-state index contributed by atoms with van der Waals surface area (Å²) in [6, 6.07) is 0. The summed E-state index contributed by atoms with van der Waals surface area (Å²) in [5, 5.41) is 0. The highest BCUT2D eigenvalue weighted by Crippen LogP contribution is 2.31. The zero-order valence-electron chi connectivity index (χ0n) is 12.0. The van der Waals surface area contributed by atoms with E-state index in [-0.39, 0.29) is 0 Å². The van der Waals surface area contributed by atoms with Gasteiger partial charge in [-0.3, -0.25) is 0 Å². The first-order valence-electron chi connectivity index (χ1n) is 6.04. The molecule has 0 amide bonds. The van der Waals surface area contributed by atoms with Crippen molar-refractivity contribution in [3.63, 3.8) is 0 Å². The summed E-state index contributed by atoms with van der Waals surface area (Å²) in [5.41, 5.74) is 0. The van der Waals surface area contributed by atoms with Gasteiger partial charge in [0.25, 0.3) is 0 Å². The minimum Gasteiger partial charge on any atom is -0.355 e. The van der Waals surface area contributed by atoms with Crippen molar-refractivity contribution in [3.8, 4) is 0 Å². The predicted molar refractivity (Wildman–Crippen MR) is 62.3 cm³/mol. The molecule has 26 heavy (non-hydrogen) atoms. The van der Waals surface area contributed by atoms with E-state index in [0.717, 1.165) is 0 Å². The second-order valence-corrected chi connectivity index (χ2v) is 7.75. The molecular weight excluding hydrogens is 448 g/mol. The molecule has 0 aromatic carbocycles. The lowest BCUT2D eigenvalue weighted by atomic mass is 10.4. The standard InChI is InChI=1S/C9H9ClF12O3Si/c10-26(23-1-7(17,18)4(11)12,24-2-8(19,20)5(13)14)25-3-9(21,22)6(15)16/h4-6H,1-3H2. The number of hydrogen-bond donors (Lipinski definition) is 0. The summed E-state index contributed by atoms with van der Waals surface area (Å²) >= 11 is 5.11. The molecule has 0 aromatic rings.